The van der Waals surface area contributed by atoms with Gasteiger partial charge in [0, 0.05) is 13.1 Å². The lowest BCUT2D eigenvalue weighted by molar-refractivity contribution is 0.349. The topological polar surface area (TPSA) is 21.3 Å². The molecule has 0 atom stereocenters. The Morgan fingerprint density at radius 1 is 1.27 bits per heavy atom. The first-order valence-corrected chi connectivity index (χ1v) is 5.47. The summed E-state index contributed by atoms with van der Waals surface area (Å²) in [4.78, 5) is 0. The Kier molecular flexibility index (Phi) is 2.70. The lowest BCUT2D eigenvalue weighted by Gasteiger charge is -2.22. The highest BCUT2D eigenvalue weighted by Crippen LogP contribution is 2.28. The highest BCUT2D eigenvalue weighted by Gasteiger charge is 2.22. The Morgan fingerprint density at radius 2 is 2.07 bits per heavy atom. The Bertz CT molecular complexity index is 358. The van der Waals surface area contributed by atoms with E-state index in [0.29, 0.717) is 5.41 Å². The molecule has 1 heterocycles. The van der Waals surface area contributed by atoms with Crippen molar-refractivity contribution in [3.8, 4) is 5.75 Å². The van der Waals surface area contributed by atoms with Crippen molar-refractivity contribution < 1.29 is 4.74 Å². The second-order valence-electron chi connectivity index (χ2n) is 5.08. The number of fused-ring (bicyclic) bond motifs is 1. The fraction of sp³-hybridized carbons (Fsp3) is 0.538. The normalized spacial score (nSPS) is 19.1. The van der Waals surface area contributed by atoms with E-state index in [1.54, 1.807) is 7.11 Å². The number of methoxy groups -OCH3 is 1. The summed E-state index contributed by atoms with van der Waals surface area (Å²) in [6, 6.07) is 6.40. The summed E-state index contributed by atoms with van der Waals surface area (Å²) in [7, 11) is 1.72. The zero-order valence-electron chi connectivity index (χ0n) is 9.76. The summed E-state index contributed by atoms with van der Waals surface area (Å²) in [5.74, 6) is 0.954. The minimum Gasteiger partial charge on any atom is -0.497 e. The molecule has 82 valence electrons. The van der Waals surface area contributed by atoms with Crippen molar-refractivity contribution in [2.75, 3.05) is 13.7 Å². The van der Waals surface area contributed by atoms with Crippen molar-refractivity contribution in [2.45, 2.75) is 26.8 Å². The second-order valence-corrected chi connectivity index (χ2v) is 5.08. The predicted molar refractivity (Wildman–Crippen MR) is 62.2 cm³/mol. The van der Waals surface area contributed by atoms with Crippen molar-refractivity contribution in [1.82, 2.24) is 5.32 Å². The molecule has 0 unspecified atom stereocenters. The summed E-state index contributed by atoms with van der Waals surface area (Å²) in [5.41, 5.74) is 3.17. The lowest BCUT2D eigenvalue weighted by atomic mass is 9.85. The minimum atomic E-state index is 0.347. The average Bonchev–Trinajstić information content (AvgIpc) is 2.33. The summed E-state index contributed by atoms with van der Waals surface area (Å²) in [6.45, 7) is 6.64. The number of ether oxygens (including phenoxy) is 1. The standard InChI is InChI=1S/C13H19NO/c1-13(2)7-10-4-5-12(15-3)6-11(10)8-14-9-13/h4-6,14H,7-9H2,1-3H3. The van der Waals surface area contributed by atoms with Gasteiger partial charge in [0.15, 0.2) is 0 Å². The van der Waals surface area contributed by atoms with E-state index < -0.39 is 0 Å². The largest absolute Gasteiger partial charge is 0.497 e. The SMILES string of the molecule is COc1ccc2c(c1)CNCC(C)(C)C2. The molecule has 1 aliphatic heterocycles. The van der Waals surface area contributed by atoms with Crippen LogP contribution in [0.3, 0.4) is 0 Å². The van der Waals surface area contributed by atoms with Crippen LogP contribution in [0.2, 0.25) is 0 Å². The van der Waals surface area contributed by atoms with Crippen molar-refractivity contribution >= 4 is 0 Å². The minimum absolute atomic E-state index is 0.347. The van der Waals surface area contributed by atoms with Crippen LogP contribution in [-0.2, 0) is 13.0 Å². The smallest absolute Gasteiger partial charge is 0.119 e. The molecule has 1 aromatic carbocycles. The fourth-order valence-corrected chi connectivity index (χ4v) is 2.18. The van der Waals surface area contributed by atoms with E-state index in [9.17, 15) is 0 Å². The van der Waals surface area contributed by atoms with E-state index >= 15 is 0 Å². The molecule has 0 radical (unpaired) electrons. The van der Waals surface area contributed by atoms with Gasteiger partial charge in [-0.15, -0.1) is 0 Å². The van der Waals surface area contributed by atoms with Gasteiger partial charge < -0.3 is 10.1 Å². The molecule has 0 aliphatic carbocycles. The summed E-state index contributed by atoms with van der Waals surface area (Å²) in [6.07, 6.45) is 1.14. The van der Waals surface area contributed by atoms with Crippen LogP contribution in [0.25, 0.3) is 0 Å². The lowest BCUT2D eigenvalue weighted by Crippen LogP contribution is -2.27. The number of rotatable bonds is 1. The molecule has 2 rings (SSSR count). The zero-order chi connectivity index (χ0) is 10.9. The Morgan fingerprint density at radius 3 is 2.80 bits per heavy atom. The van der Waals surface area contributed by atoms with Crippen molar-refractivity contribution in [3.05, 3.63) is 29.3 Å². The number of benzene rings is 1. The second kappa shape index (κ2) is 3.86. The Labute approximate surface area is 91.6 Å². The maximum absolute atomic E-state index is 5.25. The van der Waals surface area contributed by atoms with Crippen LogP contribution in [-0.4, -0.2) is 13.7 Å². The van der Waals surface area contributed by atoms with E-state index in [0.717, 1.165) is 25.3 Å². The van der Waals surface area contributed by atoms with E-state index in [1.807, 2.05) is 0 Å². The number of hydrogen-bond acceptors (Lipinski definition) is 2. The first-order chi connectivity index (χ1) is 7.11. The van der Waals surface area contributed by atoms with Crippen LogP contribution in [0.5, 0.6) is 5.75 Å². The maximum atomic E-state index is 5.25. The third-order valence-corrected chi connectivity index (χ3v) is 3.00. The van der Waals surface area contributed by atoms with E-state index in [4.69, 9.17) is 4.74 Å². The molecular formula is C13H19NO. The molecule has 0 fully saturated rings. The van der Waals surface area contributed by atoms with E-state index in [1.165, 1.54) is 11.1 Å². The van der Waals surface area contributed by atoms with Gasteiger partial charge in [0.2, 0.25) is 0 Å². The van der Waals surface area contributed by atoms with Crippen molar-refractivity contribution in [2.24, 2.45) is 5.41 Å². The average molecular weight is 205 g/mol. The highest BCUT2D eigenvalue weighted by atomic mass is 16.5. The molecule has 15 heavy (non-hydrogen) atoms. The van der Waals surface area contributed by atoms with Gasteiger partial charge in [-0.1, -0.05) is 19.9 Å². The molecule has 1 N–H and O–H groups in total. The molecule has 0 bridgehead atoms. The van der Waals surface area contributed by atoms with Gasteiger partial charge in [0.1, 0.15) is 5.75 Å². The zero-order valence-corrected chi connectivity index (χ0v) is 9.76. The summed E-state index contributed by atoms with van der Waals surface area (Å²) >= 11 is 0. The first-order valence-electron chi connectivity index (χ1n) is 5.47. The number of nitrogens with one attached hydrogen (secondary N) is 1. The van der Waals surface area contributed by atoms with Crippen LogP contribution < -0.4 is 10.1 Å². The molecule has 0 saturated heterocycles. The first kappa shape index (κ1) is 10.5. The monoisotopic (exact) mass is 205 g/mol. The molecule has 0 saturated carbocycles. The Hall–Kier alpha value is -1.02. The van der Waals surface area contributed by atoms with E-state index in [2.05, 4.69) is 37.4 Å². The summed E-state index contributed by atoms with van der Waals surface area (Å²) < 4.78 is 5.25. The number of hydrogen-bond donors (Lipinski definition) is 1. The van der Waals surface area contributed by atoms with Gasteiger partial charge in [-0.05, 0) is 35.1 Å². The molecule has 0 amide bonds. The van der Waals surface area contributed by atoms with Gasteiger partial charge in [0.25, 0.3) is 0 Å². The van der Waals surface area contributed by atoms with Crippen LogP contribution >= 0.6 is 0 Å². The molecule has 1 aliphatic rings. The third-order valence-electron chi connectivity index (χ3n) is 3.00. The predicted octanol–water partition coefficient (Wildman–Crippen LogP) is 2.37. The molecule has 2 heteroatoms. The summed E-state index contributed by atoms with van der Waals surface area (Å²) in [5, 5.41) is 3.49. The van der Waals surface area contributed by atoms with Gasteiger partial charge in [-0.3, -0.25) is 0 Å². The van der Waals surface area contributed by atoms with Gasteiger partial charge in [-0.25, -0.2) is 0 Å². The third kappa shape index (κ3) is 2.32. The van der Waals surface area contributed by atoms with Gasteiger partial charge in [-0.2, -0.15) is 0 Å². The highest BCUT2D eigenvalue weighted by molar-refractivity contribution is 5.37. The van der Waals surface area contributed by atoms with Crippen LogP contribution in [0.15, 0.2) is 18.2 Å². The van der Waals surface area contributed by atoms with Crippen molar-refractivity contribution in [3.63, 3.8) is 0 Å². The molecule has 2 nitrogen and oxygen atoms in total. The molecule has 0 spiro atoms. The molecule has 1 aromatic rings. The van der Waals surface area contributed by atoms with Gasteiger partial charge in [0.05, 0.1) is 7.11 Å². The van der Waals surface area contributed by atoms with Crippen LogP contribution in [0.1, 0.15) is 25.0 Å². The Balaban J connectivity index is 2.34. The quantitative estimate of drug-likeness (QED) is 0.760. The van der Waals surface area contributed by atoms with Crippen LogP contribution in [0.4, 0.5) is 0 Å². The fourth-order valence-electron chi connectivity index (χ4n) is 2.18. The van der Waals surface area contributed by atoms with E-state index in [-0.39, 0.29) is 0 Å². The van der Waals surface area contributed by atoms with Crippen LogP contribution in [0, 0.1) is 5.41 Å². The van der Waals surface area contributed by atoms with Gasteiger partial charge >= 0.3 is 0 Å². The molecular weight excluding hydrogens is 186 g/mol. The maximum Gasteiger partial charge on any atom is 0.119 e. The molecule has 0 aromatic heterocycles. The van der Waals surface area contributed by atoms with Crippen molar-refractivity contribution in [1.29, 1.82) is 0 Å².